The normalized spacial score (nSPS) is 13.6. The average Bonchev–Trinajstić information content (AvgIpc) is 3.26. The number of allylic oxidation sites excluding steroid dienone is 8. The van der Waals surface area contributed by atoms with Gasteiger partial charge in [0.15, 0.2) is 0 Å². The van der Waals surface area contributed by atoms with E-state index in [-0.39, 0.29) is 24.9 Å². The van der Waals surface area contributed by atoms with Crippen molar-refractivity contribution in [2.24, 2.45) is 0 Å². The molecule has 0 saturated heterocycles. The van der Waals surface area contributed by atoms with E-state index < -0.39 is 18.2 Å². The summed E-state index contributed by atoms with van der Waals surface area (Å²) in [5, 5.41) is 23.8. The largest absolute Gasteiger partial charge is 0.462 e. The summed E-state index contributed by atoms with van der Waals surface area (Å²) in [5.41, 5.74) is 0. The molecule has 6 heteroatoms. The number of unbranched alkanes of at least 4 members (excludes halogenated alkanes) is 28. The molecule has 0 heterocycles. The Kier molecular flexibility index (Phi) is 48.1. The summed E-state index contributed by atoms with van der Waals surface area (Å²) < 4.78 is 5.93. The molecule has 0 aliphatic heterocycles. The first-order chi connectivity index (χ1) is 30.5. The highest BCUT2D eigenvalue weighted by Crippen LogP contribution is 2.18. The van der Waals surface area contributed by atoms with E-state index in [1.807, 2.05) is 0 Å². The van der Waals surface area contributed by atoms with Crippen LogP contribution in [0, 0.1) is 0 Å². The Labute approximate surface area is 385 Å². The Balaban J connectivity index is 4.56. The highest BCUT2D eigenvalue weighted by atomic mass is 16.5. The second-order valence-corrected chi connectivity index (χ2v) is 18.3. The van der Waals surface area contributed by atoms with Gasteiger partial charge in [0, 0.05) is 6.42 Å². The highest BCUT2D eigenvalue weighted by molar-refractivity contribution is 5.77. The van der Waals surface area contributed by atoms with Gasteiger partial charge in [-0.2, -0.15) is 0 Å². The van der Waals surface area contributed by atoms with E-state index >= 15 is 0 Å². The van der Waals surface area contributed by atoms with Gasteiger partial charge in [-0.3, -0.25) is 9.59 Å². The standard InChI is InChI=1S/C56H103NO5/c1-4-7-10-13-16-19-22-25-27-29-31-34-37-40-43-46-49-56(61)62-52(47-44-41-38-35-32-24-21-18-15-12-9-6-3)50-55(60)57-53(51-58)54(59)48-45-42-39-36-33-30-28-26-23-20-17-14-11-8-5-2/h7,10,16,19,25,27,31,34,52-54,58-59H,4-6,8-9,11-15,17-18,20-24,26,28-30,32-33,35-51H2,1-3H3,(H,57,60)/b10-7+,19-16+,27-25+,34-31+. The van der Waals surface area contributed by atoms with E-state index in [1.165, 1.54) is 141 Å². The van der Waals surface area contributed by atoms with E-state index in [0.29, 0.717) is 19.3 Å². The van der Waals surface area contributed by atoms with Gasteiger partial charge in [-0.15, -0.1) is 0 Å². The number of amides is 1. The summed E-state index contributed by atoms with van der Waals surface area (Å²) in [5.74, 6) is -0.501. The number of carbonyl (C=O) groups is 2. The van der Waals surface area contributed by atoms with Crippen molar-refractivity contribution in [1.82, 2.24) is 5.32 Å². The molecule has 3 N–H and O–H groups in total. The lowest BCUT2D eigenvalue weighted by atomic mass is 10.0. The van der Waals surface area contributed by atoms with Crippen LogP contribution in [0.2, 0.25) is 0 Å². The second-order valence-electron chi connectivity index (χ2n) is 18.3. The van der Waals surface area contributed by atoms with Gasteiger partial charge in [-0.05, 0) is 64.2 Å². The topological polar surface area (TPSA) is 95.9 Å². The zero-order chi connectivity index (χ0) is 45.2. The maximum Gasteiger partial charge on any atom is 0.306 e. The first-order valence-electron chi connectivity index (χ1n) is 26.9. The number of rotatable bonds is 48. The van der Waals surface area contributed by atoms with Crippen LogP contribution in [0.4, 0.5) is 0 Å². The molecule has 0 saturated carbocycles. The lowest BCUT2D eigenvalue weighted by Crippen LogP contribution is -2.46. The number of hydrogen-bond donors (Lipinski definition) is 3. The van der Waals surface area contributed by atoms with Crippen LogP contribution in [0.1, 0.15) is 271 Å². The monoisotopic (exact) mass is 870 g/mol. The SMILES string of the molecule is CC/C=C/C/C=C/C/C=C/C/C=C/CCCCCC(=O)OC(CCCCCCCCCCCCCC)CC(=O)NC(CO)C(O)CCCCCCCCCCCCCCCCC. The zero-order valence-corrected chi connectivity index (χ0v) is 41.3. The minimum absolute atomic E-state index is 0.0672. The Bertz CT molecular complexity index is 1070. The van der Waals surface area contributed by atoms with E-state index in [4.69, 9.17) is 4.74 Å². The highest BCUT2D eigenvalue weighted by Gasteiger charge is 2.24. The molecule has 0 radical (unpaired) electrons. The van der Waals surface area contributed by atoms with Crippen molar-refractivity contribution in [1.29, 1.82) is 0 Å². The van der Waals surface area contributed by atoms with Crippen molar-refractivity contribution < 1.29 is 24.5 Å². The fraction of sp³-hybridized carbons (Fsp3) is 0.821. The van der Waals surface area contributed by atoms with Gasteiger partial charge in [0.05, 0.1) is 25.2 Å². The number of aliphatic hydroxyl groups excluding tert-OH is 2. The van der Waals surface area contributed by atoms with Crippen LogP contribution in [0.25, 0.3) is 0 Å². The smallest absolute Gasteiger partial charge is 0.306 e. The van der Waals surface area contributed by atoms with Crippen LogP contribution in [-0.4, -0.2) is 46.9 Å². The molecule has 0 aromatic heterocycles. The summed E-state index contributed by atoms with van der Waals surface area (Å²) >= 11 is 0. The fourth-order valence-corrected chi connectivity index (χ4v) is 8.13. The molecule has 3 atom stereocenters. The van der Waals surface area contributed by atoms with Gasteiger partial charge in [-0.25, -0.2) is 0 Å². The molecule has 6 nitrogen and oxygen atoms in total. The van der Waals surface area contributed by atoms with Gasteiger partial charge >= 0.3 is 5.97 Å². The molecule has 0 fully saturated rings. The molecule has 62 heavy (non-hydrogen) atoms. The minimum Gasteiger partial charge on any atom is -0.462 e. The lowest BCUT2D eigenvalue weighted by Gasteiger charge is -2.24. The van der Waals surface area contributed by atoms with Crippen molar-refractivity contribution >= 4 is 11.9 Å². The molecule has 3 unspecified atom stereocenters. The quantitative estimate of drug-likeness (QED) is 0.0322. The van der Waals surface area contributed by atoms with Crippen LogP contribution in [0.15, 0.2) is 48.6 Å². The van der Waals surface area contributed by atoms with E-state index in [0.717, 1.165) is 83.5 Å². The molecule has 0 rings (SSSR count). The Morgan fingerprint density at radius 3 is 1.31 bits per heavy atom. The van der Waals surface area contributed by atoms with Crippen LogP contribution >= 0.6 is 0 Å². The third kappa shape index (κ3) is 44.4. The number of ether oxygens (including phenoxy) is 1. The molecule has 1 amide bonds. The number of nitrogens with one attached hydrogen (secondary N) is 1. The van der Waals surface area contributed by atoms with Crippen LogP contribution in [-0.2, 0) is 14.3 Å². The molecule has 0 spiro atoms. The Morgan fingerprint density at radius 2 is 0.871 bits per heavy atom. The predicted molar refractivity (Wildman–Crippen MR) is 269 cm³/mol. The number of aliphatic hydroxyl groups is 2. The molecule has 0 aromatic carbocycles. The maximum atomic E-state index is 13.2. The Morgan fingerprint density at radius 1 is 0.484 bits per heavy atom. The van der Waals surface area contributed by atoms with Gasteiger partial charge in [0.1, 0.15) is 6.10 Å². The molecule has 0 aliphatic rings. The van der Waals surface area contributed by atoms with Crippen LogP contribution in [0.5, 0.6) is 0 Å². The average molecular weight is 870 g/mol. The third-order valence-corrected chi connectivity index (χ3v) is 12.2. The summed E-state index contributed by atoms with van der Waals surface area (Å²) in [4.78, 5) is 26.2. The number of carbonyl (C=O) groups excluding carboxylic acids is 2. The summed E-state index contributed by atoms with van der Waals surface area (Å²) in [6.45, 7) is 6.38. The first kappa shape index (κ1) is 59.8. The zero-order valence-electron chi connectivity index (χ0n) is 41.3. The molecule has 0 aliphatic carbocycles. The van der Waals surface area contributed by atoms with Crippen molar-refractivity contribution in [2.45, 2.75) is 289 Å². The van der Waals surface area contributed by atoms with Crippen molar-refractivity contribution in [3.05, 3.63) is 48.6 Å². The second kappa shape index (κ2) is 49.8. The van der Waals surface area contributed by atoms with Crippen LogP contribution in [0.3, 0.4) is 0 Å². The first-order valence-corrected chi connectivity index (χ1v) is 26.9. The van der Waals surface area contributed by atoms with Crippen LogP contribution < -0.4 is 5.32 Å². The van der Waals surface area contributed by atoms with Crippen molar-refractivity contribution in [3.63, 3.8) is 0 Å². The van der Waals surface area contributed by atoms with Crippen molar-refractivity contribution in [3.8, 4) is 0 Å². The predicted octanol–water partition coefficient (Wildman–Crippen LogP) is 16.2. The van der Waals surface area contributed by atoms with E-state index in [1.54, 1.807) is 0 Å². The maximum absolute atomic E-state index is 13.2. The third-order valence-electron chi connectivity index (χ3n) is 12.2. The summed E-state index contributed by atoms with van der Waals surface area (Å²) in [7, 11) is 0. The number of esters is 1. The molecule has 362 valence electrons. The van der Waals surface area contributed by atoms with E-state index in [2.05, 4.69) is 74.7 Å². The molecular formula is C56H103NO5. The summed E-state index contributed by atoms with van der Waals surface area (Å²) in [6, 6.07) is -0.706. The van der Waals surface area contributed by atoms with Gasteiger partial charge < -0.3 is 20.3 Å². The molecule has 0 aromatic rings. The number of hydrogen-bond acceptors (Lipinski definition) is 5. The Hall–Kier alpha value is -2.18. The minimum atomic E-state index is -0.792. The van der Waals surface area contributed by atoms with Gasteiger partial charge in [0.25, 0.3) is 0 Å². The lowest BCUT2D eigenvalue weighted by molar-refractivity contribution is -0.151. The fourth-order valence-electron chi connectivity index (χ4n) is 8.13. The van der Waals surface area contributed by atoms with Gasteiger partial charge in [-0.1, -0.05) is 243 Å². The van der Waals surface area contributed by atoms with E-state index in [9.17, 15) is 19.8 Å². The molecule has 0 bridgehead atoms. The van der Waals surface area contributed by atoms with Gasteiger partial charge in [0.2, 0.25) is 5.91 Å². The summed E-state index contributed by atoms with van der Waals surface area (Å²) in [6.07, 6.45) is 60.3. The molecular weight excluding hydrogens is 767 g/mol. The van der Waals surface area contributed by atoms with Crippen molar-refractivity contribution in [2.75, 3.05) is 6.61 Å².